The highest BCUT2D eigenvalue weighted by Gasteiger charge is 2.19. The SMILES string of the molecule is C/C=C(\C=C/CCC1CN1)c1ccc2c(c1)Cc1ccccc1-2. The fraction of sp³-hybridized carbons (Fsp3) is 0.273. The first-order valence-electron chi connectivity index (χ1n) is 8.63. The second kappa shape index (κ2) is 6.17. The second-order valence-corrected chi connectivity index (χ2v) is 6.53. The van der Waals surface area contributed by atoms with Crippen molar-refractivity contribution >= 4 is 5.57 Å². The summed E-state index contributed by atoms with van der Waals surface area (Å²) in [5.41, 5.74) is 8.38. The zero-order chi connectivity index (χ0) is 15.6. The van der Waals surface area contributed by atoms with E-state index in [1.165, 1.54) is 46.4 Å². The van der Waals surface area contributed by atoms with Crippen LogP contribution in [-0.2, 0) is 6.42 Å². The van der Waals surface area contributed by atoms with Crippen LogP contribution in [0.1, 0.15) is 36.5 Å². The van der Waals surface area contributed by atoms with Gasteiger partial charge in [0, 0.05) is 12.6 Å². The van der Waals surface area contributed by atoms with Crippen LogP contribution in [0.15, 0.2) is 60.7 Å². The zero-order valence-corrected chi connectivity index (χ0v) is 13.7. The average molecular weight is 301 g/mol. The second-order valence-electron chi connectivity index (χ2n) is 6.53. The van der Waals surface area contributed by atoms with Crippen LogP contribution in [0.2, 0.25) is 0 Å². The van der Waals surface area contributed by atoms with Crippen LogP contribution < -0.4 is 5.32 Å². The molecule has 0 spiro atoms. The topological polar surface area (TPSA) is 21.9 Å². The standard InChI is InChI=1S/C22H23N/c1-2-16(7-3-5-9-20-15-23-20)17-11-12-22-19(13-17)14-18-8-4-6-10-21(18)22/h2-4,6-8,10-13,20,23H,5,9,14-15H2,1H3/b7-3-,16-2+. The maximum absolute atomic E-state index is 3.36. The Labute approximate surface area is 138 Å². The Hall–Kier alpha value is -2.12. The zero-order valence-electron chi connectivity index (χ0n) is 13.7. The van der Waals surface area contributed by atoms with E-state index in [4.69, 9.17) is 0 Å². The van der Waals surface area contributed by atoms with Gasteiger partial charge in [0.25, 0.3) is 0 Å². The van der Waals surface area contributed by atoms with Crippen molar-refractivity contribution in [3.8, 4) is 11.1 Å². The van der Waals surface area contributed by atoms with E-state index in [2.05, 4.69) is 72.9 Å². The minimum absolute atomic E-state index is 0.771. The Morgan fingerprint density at radius 1 is 1.13 bits per heavy atom. The minimum Gasteiger partial charge on any atom is -0.311 e. The maximum Gasteiger partial charge on any atom is 0.0196 e. The van der Waals surface area contributed by atoms with Gasteiger partial charge in [-0.3, -0.25) is 0 Å². The Balaban J connectivity index is 1.54. The highest BCUT2D eigenvalue weighted by molar-refractivity contribution is 5.81. The van der Waals surface area contributed by atoms with Gasteiger partial charge in [0.15, 0.2) is 0 Å². The van der Waals surface area contributed by atoms with E-state index in [9.17, 15) is 0 Å². The molecule has 2 aromatic carbocycles. The molecule has 1 N–H and O–H groups in total. The fourth-order valence-corrected chi connectivity index (χ4v) is 3.48. The Kier molecular flexibility index (Phi) is 3.88. The van der Waals surface area contributed by atoms with E-state index in [-0.39, 0.29) is 0 Å². The monoisotopic (exact) mass is 301 g/mol. The van der Waals surface area contributed by atoms with Crippen molar-refractivity contribution in [1.29, 1.82) is 0 Å². The molecule has 0 saturated carbocycles. The highest BCUT2D eigenvalue weighted by atomic mass is 15.1. The van der Waals surface area contributed by atoms with Gasteiger partial charge in [-0.25, -0.2) is 0 Å². The quantitative estimate of drug-likeness (QED) is 0.521. The highest BCUT2D eigenvalue weighted by Crippen LogP contribution is 2.37. The molecular weight excluding hydrogens is 278 g/mol. The molecule has 23 heavy (non-hydrogen) atoms. The lowest BCUT2D eigenvalue weighted by Gasteiger charge is -2.06. The van der Waals surface area contributed by atoms with Crippen molar-refractivity contribution in [3.05, 3.63) is 77.4 Å². The molecule has 1 aliphatic heterocycles. The van der Waals surface area contributed by atoms with Gasteiger partial charge in [-0.2, -0.15) is 0 Å². The van der Waals surface area contributed by atoms with Crippen LogP contribution >= 0.6 is 0 Å². The molecule has 1 nitrogen and oxygen atoms in total. The van der Waals surface area contributed by atoms with E-state index in [0.717, 1.165) is 18.9 Å². The van der Waals surface area contributed by atoms with Gasteiger partial charge in [-0.05, 0) is 59.6 Å². The first kappa shape index (κ1) is 14.5. The number of hydrogen-bond acceptors (Lipinski definition) is 1. The van der Waals surface area contributed by atoms with Crippen molar-refractivity contribution < 1.29 is 0 Å². The molecule has 2 aliphatic rings. The van der Waals surface area contributed by atoms with Crippen LogP contribution in [0, 0.1) is 0 Å². The van der Waals surface area contributed by atoms with Crippen molar-refractivity contribution in [1.82, 2.24) is 5.32 Å². The molecule has 1 heterocycles. The fourth-order valence-electron chi connectivity index (χ4n) is 3.48. The molecule has 1 aliphatic carbocycles. The number of fused-ring (bicyclic) bond motifs is 3. The Morgan fingerprint density at radius 2 is 1.96 bits per heavy atom. The number of hydrogen-bond donors (Lipinski definition) is 1. The minimum atomic E-state index is 0.771. The van der Waals surface area contributed by atoms with Gasteiger partial charge in [0.05, 0.1) is 0 Å². The molecule has 1 atom stereocenters. The third kappa shape index (κ3) is 3.02. The number of nitrogens with one attached hydrogen (secondary N) is 1. The summed E-state index contributed by atoms with van der Waals surface area (Å²) >= 11 is 0. The summed E-state index contributed by atoms with van der Waals surface area (Å²) in [4.78, 5) is 0. The van der Waals surface area contributed by atoms with Crippen LogP contribution in [0.4, 0.5) is 0 Å². The Morgan fingerprint density at radius 3 is 2.78 bits per heavy atom. The summed E-state index contributed by atoms with van der Waals surface area (Å²) in [6.07, 6.45) is 10.3. The molecule has 0 radical (unpaired) electrons. The van der Waals surface area contributed by atoms with Crippen LogP contribution in [-0.4, -0.2) is 12.6 Å². The van der Waals surface area contributed by atoms with Crippen molar-refractivity contribution in [2.75, 3.05) is 6.54 Å². The normalized spacial score (nSPS) is 19.0. The third-order valence-corrected chi connectivity index (χ3v) is 4.91. The van der Waals surface area contributed by atoms with Gasteiger partial charge in [0.2, 0.25) is 0 Å². The van der Waals surface area contributed by atoms with Crippen LogP contribution in [0.3, 0.4) is 0 Å². The van der Waals surface area contributed by atoms with Crippen molar-refractivity contribution in [2.24, 2.45) is 0 Å². The van der Waals surface area contributed by atoms with Gasteiger partial charge < -0.3 is 5.32 Å². The molecule has 2 aromatic rings. The summed E-state index contributed by atoms with van der Waals surface area (Å²) in [5, 5.41) is 3.36. The van der Waals surface area contributed by atoms with E-state index < -0.39 is 0 Å². The lowest BCUT2D eigenvalue weighted by atomic mass is 9.98. The predicted molar refractivity (Wildman–Crippen MR) is 98.5 cm³/mol. The summed E-state index contributed by atoms with van der Waals surface area (Å²) in [6, 6.07) is 16.5. The first-order valence-corrected chi connectivity index (χ1v) is 8.63. The van der Waals surface area contributed by atoms with E-state index in [0.29, 0.717) is 0 Å². The molecule has 1 heteroatoms. The summed E-state index contributed by atoms with van der Waals surface area (Å²) in [5.74, 6) is 0. The summed E-state index contributed by atoms with van der Waals surface area (Å²) in [6.45, 7) is 3.33. The van der Waals surface area contributed by atoms with E-state index in [1.54, 1.807) is 0 Å². The molecule has 4 rings (SSSR count). The predicted octanol–water partition coefficient (Wildman–Crippen LogP) is 4.97. The summed E-state index contributed by atoms with van der Waals surface area (Å²) < 4.78 is 0. The van der Waals surface area contributed by atoms with Crippen molar-refractivity contribution in [2.45, 2.75) is 32.2 Å². The molecule has 0 amide bonds. The molecule has 1 fully saturated rings. The molecule has 1 saturated heterocycles. The largest absolute Gasteiger partial charge is 0.311 e. The van der Waals surface area contributed by atoms with Crippen molar-refractivity contribution in [3.63, 3.8) is 0 Å². The van der Waals surface area contributed by atoms with Crippen LogP contribution in [0.5, 0.6) is 0 Å². The summed E-state index contributed by atoms with van der Waals surface area (Å²) in [7, 11) is 0. The third-order valence-electron chi connectivity index (χ3n) is 4.91. The lowest BCUT2D eigenvalue weighted by Crippen LogP contribution is -1.88. The molecule has 1 unspecified atom stereocenters. The number of rotatable bonds is 5. The lowest BCUT2D eigenvalue weighted by molar-refractivity contribution is 0.822. The number of benzene rings is 2. The molecule has 0 aromatic heterocycles. The molecule has 116 valence electrons. The van der Waals surface area contributed by atoms with E-state index in [1.807, 2.05) is 0 Å². The first-order chi connectivity index (χ1) is 11.3. The molecule has 0 bridgehead atoms. The van der Waals surface area contributed by atoms with Gasteiger partial charge in [0.1, 0.15) is 0 Å². The average Bonchev–Trinajstić information content (AvgIpc) is 3.33. The van der Waals surface area contributed by atoms with E-state index >= 15 is 0 Å². The smallest absolute Gasteiger partial charge is 0.0196 e. The maximum atomic E-state index is 3.36. The van der Waals surface area contributed by atoms with Gasteiger partial charge >= 0.3 is 0 Å². The van der Waals surface area contributed by atoms with Gasteiger partial charge in [-0.1, -0.05) is 60.7 Å². The number of allylic oxidation sites excluding steroid dienone is 4. The van der Waals surface area contributed by atoms with Gasteiger partial charge in [-0.15, -0.1) is 0 Å². The Bertz CT molecular complexity index is 778. The molecular formula is C22H23N. The van der Waals surface area contributed by atoms with Crippen LogP contribution in [0.25, 0.3) is 16.7 Å².